The molecule has 2 N–H and O–H groups in total. The molecule has 1 aromatic heterocycles. The van der Waals surface area contributed by atoms with E-state index in [9.17, 15) is 13.2 Å². The Labute approximate surface area is 119 Å². The molecule has 1 atom stereocenters. The summed E-state index contributed by atoms with van der Waals surface area (Å²) in [7, 11) is -3.46. The highest BCUT2D eigenvalue weighted by Crippen LogP contribution is 2.06. The van der Waals surface area contributed by atoms with Crippen LogP contribution in [-0.4, -0.2) is 36.8 Å². The first-order valence-electron chi connectivity index (χ1n) is 6.53. The number of nitrogens with one attached hydrogen (secondary N) is 1. The number of aliphatic carboxylic acids is 1. The van der Waals surface area contributed by atoms with Crippen LogP contribution < -0.4 is 4.72 Å². The predicted octanol–water partition coefficient (Wildman–Crippen LogP) is 1.04. The fourth-order valence-electron chi connectivity index (χ4n) is 1.76. The van der Waals surface area contributed by atoms with Crippen LogP contribution in [0, 0.1) is 5.92 Å². The zero-order chi connectivity index (χ0) is 15.0. The van der Waals surface area contributed by atoms with Gasteiger partial charge in [0.05, 0.1) is 11.7 Å². The van der Waals surface area contributed by atoms with E-state index >= 15 is 0 Å². The first kappa shape index (κ1) is 16.6. The molecule has 0 spiro atoms. The van der Waals surface area contributed by atoms with E-state index in [0.29, 0.717) is 19.3 Å². The van der Waals surface area contributed by atoms with Crippen LogP contribution in [0.3, 0.4) is 0 Å². The van der Waals surface area contributed by atoms with Crippen molar-refractivity contribution in [2.45, 2.75) is 26.2 Å². The first-order chi connectivity index (χ1) is 9.44. The molecular weight excluding hydrogens is 280 g/mol. The maximum absolute atomic E-state index is 11.8. The second-order valence-electron chi connectivity index (χ2n) is 4.60. The Morgan fingerprint density at radius 1 is 1.40 bits per heavy atom. The van der Waals surface area contributed by atoms with Gasteiger partial charge in [-0.1, -0.05) is 13.3 Å². The van der Waals surface area contributed by atoms with Gasteiger partial charge in [0, 0.05) is 18.9 Å². The molecule has 0 saturated heterocycles. The SMILES string of the molecule is CCCC(CNS(=O)(=O)CCc1ccncc1)C(=O)O. The van der Waals surface area contributed by atoms with Gasteiger partial charge in [-0.25, -0.2) is 13.1 Å². The van der Waals surface area contributed by atoms with Crippen LogP contribution in [0.2, 0.25) is 0 Å². The third-order valence-electron chi connectivity index (χ3n) is 2.94. The molecule has 112 valence electrons. The number of pyridine rings is 1. The molecule has 0 bridgehead atoms. The van der Waals surface area contributed by atoms with Crippen LogP contribution in [0.4, 0.5) is 0 Å². The van der Waals surface area contributed by atoms with Crippen molar-refractivity contribution in [2.75, 3.05) is 12.3 Å². The highest BCUT2D eigenvalue weighted by atomic mass is 32.2. The van der Waals surface area contributed by atoms with Crippen molar-refractivity contribution in [3.05, 3.63) is 30.1 Å². The lowest BCUT2D eigenvalue weighted by Crippen LogP contribution is -2.34. The summed E-state index contributed by atoms with van der Waals surface area (Å²) < 4.78 is 26.0. The van der Waals surface area contributed by atoms with Gasteiger partial charge >= 0.3 is 5.97 Å². The van der Waals surface area contributed by atoms with Gasteiger partial charge in [0.1, 0.15) is 0 Å². The van der Waals surface area contributed by atoms with Gasteiger partial charge in [-0.2, -0.15) is 0 Å². The van der Waals surface area contributed by atoms with Gasteiger partial charge in [0.25, 0.3) is 0 Å². The van der Waals surface area contributed by atoms with Gasteiger partial charge in [-0.15, -0.1) is 0 Å². The van der Waals surface area contributed by atoms with E-state index in [2.05, 4.69) is 9.71 Å². The van der Waals surface area contributed by atoms with Crippen LogP contribution in [0.15, 0.2) is 24.5 Å². The molecule has 0 aliphatic carbocycles. The molecule has 0 aliphatic rings. The first-order valence-corrected chi connectivity index (χ1v) is 8.19. The average Bonchev–Trinajstić information content (AvgIpc) is 2.42. The standard InChI is InChI=1S/C13H20N2O4S/c1-2-3-12(13(16)17)10-15-20(18,19)9-6-11-4-7-14-8-5-11/h4-5,7-8,12,15H,2-3,6,9-10H2,1H3,(H,16,17). The average molecular weight is 300 g/mol. The number of nitrogens with zero attached hydrogens (tertiary/aromatic N) is 1. The quantitative estimate of drug-likeness (QED) is 0.710. The number of hydrogen-bond donors (Lipinski definition) is 2. The monoisotopic (exact) mass is 300 g/mol. The minimum absolute atomic E-state index is 0.0537. The minimum atomic E-state index is -3.46. The number of rotatable bonds is 9. The number of carbonyl (C=O) groups is 1. The van der Waals surface area contributed by atoms with Crippen molar-refractivity contribution in [2.24, 2.45) is 5.92 Å². The summed E-state index contributed by atoms with van der Waals surface area (Å²) >= 11 is 0. The summed E-state index contributed by atoms with van der Waals surface area (Å²) in [5.41, 5.74) is 0.883. The molecule has 0 saturated carbocycles. The third-order valence-corrected chi connectivity index (χ3v) is 4.29. The fourth-order valence-corrected chi connectivity index (χ4v) is 2.87. The van der Waals surface area contributed by atoms with Crippen LogP contribution in [0.1, 0.15) is 25.3 Å². The highest BCUT2D eigenvalue weighted by Gasteiger charge is 2.19. The topological polar surface area (TPSA) is 96.4 Å². The molecule has 1 rings (SSSR count). The Kier molecular flexibility index (Phi) is 6.60. The normalized spacial score (nSPS) is 13.1. The Hall–Kier alpha value is -1.47. The van der Waals surface area contributed by atoms with Gasteiger partial charge in [-0.05, 0) is 30.5 Å². The van der Waals surface area contributed by atoms with Gasteiger partial charge in [0.15, 0.2) is 0 Å². The number of sulfonamides is 1. The lowest BCUT2D eigenvalue weighted by atomic mass is 10.1. The molecule has 6 nitrogen and oxygen atoms in total. The summed E-state index contributed by atoms with van der Waals surface area (Å²) in [5.74, 6) is -1.70. The van der Waals surface area contributed by atoms with Crippen LogP contribution in [0.25, 0.3) is 0 Å². The highest BCUT2D eigenvalue weighted by molar-refractivity contribution is 7.89. The summed E-state index contributed by atoms with van der Waals surface area (Å²) in [6, 6.07) is 3.51. The zero-order valence-electron chi connectivity index (χ0n) is 11.4. The van der Waals surface area contributed by atoms with Crippen molar-refractivity contribution < 1.29 is 18.3 Å². The number of aromatic nitrogens is 1. The van der Waals surface area contributed by atoms with Crippen molar-refractivity contribution >= 4 is 16.0 Å². The summed E-state index contributed by atoms with van der Waals surface area (Å²) in [5, 5.41) is 8.97. The van der Waals surface area contributed by atoms with Gasteiger partial charge in [0.2, 0.25) is 10.0 Å². The molecule has 20 heavy (non-hydrogen) atoms. The van der Waals surface area contributed by atoms with Gasteiger partial charge < -0.3 is 5.11 Å². The molecule has 0 radical (unpaired) electrons. The molecule has 1 unspecified atom stereocenters. The van der Waals surface area contributed by atoms with Crippen molar-refractivity contribution in [1.82, 2.24) is 9.71 Å². The van der Waals surface area contributed by atoms with Crippen molar-refractivity contribution in [3.8, 4) is 0 Å². The molecule has 0 aromatic carbocycles. The molecule has 0 fully saturated rings. The van der Waals surface area contributed by atoms with E-state index in [1.54, 1.807) is 24.5 Å². The largest absolute Gasteiger partial charge is 0.481 e. The van der Waals surface area contributed by atoms with Crippen molar-refractivity contribution in [1.29, 1.82) is 0 Å². The van der Waals surface area contributed by atoms with E-state index < -0.39 is 21.9 Å². The lowest BCUT2D eigenvalue weighted by Gasteiger charge is -2.12. The minimum Gasteiger partial charge on any atom is -0.481 e. The Morgan fingerprint density at radius 2 is 2.05 bits per heavy atom. The fraction of sp³-hybridized carbons (Fsp3) is 0.538. The molecule has 1 aromatic rings. The Bertz CT molecular complexity index is 516. The maximum atomic E-state index is 11.8. The van der Waals surface area contributed by atoms with E-state index in [1.165, 1.54) is 0 Å². The second kappa shape index (κ2) is 7.96. The van der Waals surface area contributed by atoms with Gasteiger partial charge in [-0.3, -0.25) is 9.78 Å². The maximum Gasteiger partial charge on any atom is 0.307 e. The molecule has 7 heteroatoms. The Morgan fingerprint density at radius 3 is 2.60 bits per heavy atom. The van der Waals surface area contributed by atoms with Crippen LogP contribution >= 0.6 is 0 Å². The smallest absolute Gasteiger partial charge is 0.307 e. The lowest BCUT2D eigenvalue weighted by molar-refractivity contribution is -0.141. The summed E-state index contributed by atoms with van der Waals surface area (Å²) in [6.45, 7) is 1.82. The van der Waals surface area contributed by atoms with E-state index in [-0.39, 0.29) is 12.3 Å². The molecule has 0 aliphatic heterocycles. The van der Waals surface area contributed by atoms with E-state index in [0.717, 1.165) is 5.56 Å². The number of carboxylic acids is 1. The summed E-state index contributed by atoms with van der Waals surface area (Å²) in [4.78, 5) is 14.8. The Balaban J connectivity index is 2.47. The zero-order valence-corrected chi connectivity index (χ0v) is 12.3. The third kappa shape index (κ3) is 6.12. The summed E-state index contributed by atoms with van der Waals surface area (Å²) in [6.07, 6.45) is 4.76. The number of hydrogen-bond acceptors (Lipinski definition) is 4. The molecule has 0 amide bonds. The van der Waals surface area contributed by atoms with Crippen LogP contribution in [-0.2, 0) is 21.2 Å². The van der Waals surface area contributed by atoms with Crippen molar-refractivity contribution in [3.63, 3.8) is 0 Å². The van der Waals surface area contributed by atoms with E-state index in [1.807, 2.05) is 6.92 Å². The van der Waals surface area contributed by atoms with E-state index in [4.69, 9.17) is 5.11 Å². The molecular formula is C13H20N2O4S. The number of carboxylic acid groups (broad SMARTS) is 1. The second-order valence-corrected chi connectivity index (χ2v) is 6.52. The molecule has 1 heterocycles. The van der Waals surface area contributed by atoms with Crippen LogP contribution in [0.5, 0.6) is 0 Å². The number of aryl methyl sites for hydroxylation is 1. The predicted molar refractivity (Wildman–Crippen MR) is 75.8 cm³/mol.